The lowest BCUT2D eigenvalue weighted by atomic mass is 9.93. The molecule has 0 aliphatic carbocycles. The molecule has 1 amide bonds. The first-order valence-corrected chi connectivity index (χ1v) is 17.5. The number of nitriles is 1. The third-order valence-corrected chi connectivity index (χ3v) is 9.35. The number of fused-ring (bicyclic) bond motifs is 2. The average Bonchev–Trinajstić information content (AvgIpc) is 3.72. The largest absolute Gasteiger partial charge is 0.473 e. The van der Waals surface area contributed by atoms with Gasteiger partial charge in [0.15, 0.2) is 0 Å². The lowest BCUT2D eigenvalue weighted by molar-refractivity contribution is -0.105. The normalized spacial score (nSPS) is 14.4. The number of nitrogens with zero attached hydrogens (tertiary/aromatic N) is 6. The number of halogens is 1. The third kappa shape index (κ3) is 8.98. The highest BCUT2D eigenvalue weighted by atomic mass is 19.1. The van der Waals surface area contributed by atoms with Gasteiger partial charge < -0.3 is 19.4 Å². The molecule has 5 heterocycles. The maximum atomic E-state index is 14.1. The van der Waals surface area contributed by atoms with Gasteiger partial charge in [0.1, 0.15) is 18.2 Å². The molecule has 3 aromatic carbocycles. The van der Waals surface area contributed by atoms with E-state index in [1.165, 1.54) is 23.6 Å². The van der Waals surface area contributed by atoms with E-state index >= 15 is 0 Å². The van der Waals surface area contributed by atoms with Crippen LogP contribution < -0.4 is 10.1 Å². The first-order chi connectivity index (χ1) is 25.3. The van der Waals surface area contributed by atoms with E-state index in [2.05, 4.69) is 57.2 Å². The van der Waals surface area contributed by atoms with Crippen LogP contribution in [-0.2, 0) is 29.7 Å². The van der Waals surface area contributed by atoms with Crippen LogP contribution in [0, 0.1) is 31.0 Å². The predicted octanol–water partition coefficient (Wildman–Crippen LogP) is 7.09. The molecule has 0 bridgehead atoms. The number of imidazole rings is 1. The molecule has 0 unspecified atom stereocenters. The van der Waals surface area contributed by atoms with Gasteiger partial charge in [-0.3, -0.25) is 14.8 Å². The number of pyridine rings is 1. The summed E-state index contributed by atoms with van der Waals surface area (Å²) >= 11 is 0. The van der Waals surface area contributed by atoms with Gasteiger partial charge in [-0.05, 0) is 99.8 Å². The van der Waals surface area contributed by atoms with Gasteiger partial charge in [-0.1, -0.05) is 18.2 Å². The van der Waals surface area contributed by atoms with Gasteiger partial charge >= 0.3 is 0 Å². The van der Waals surface area contributed by atoms with Crippen LogP contribution in [0.5, 0.6) is 5.88 Å². The molecule has 0 spiro atoms. The number of aryl methyl sites for hydroxylation is 3. The van der Waals surface area contributed by atoms with E-state index in [0.717, 1.165) is 84.9 Å². The molecule has 268 valence electrons. The van der Waals surface area contributed by atoms with Crippen molar-refractivity contribution in [2.24, 2.45) is 7.05 Å². The Hall–Kier alpha value is -5.64. The fourth-order valence-electron chi connectivity index (χ4n) is 6.24. The van der Waals surface area contributed by atoms with Crippen LogP contribution in [0.2, 0.25) is 0 Å². The number of H-pyrrole nitrogens is 1. The number of anilines is 1. The van der Waals surface area contributed by atoms with Gasteiger partial charge in [0.25, 0.3) is 0 Å². The van der Waals surface area contributed by atoms with Gasteiger partial charge in [-0.25, -0.2) is 14.4 Å². The zero-order chi connectivity index (χ0) is 36.5. The van der Waals surface area contributed by atoms with Crippen molar-refractivity contribution in [1.29, 1.82) is 5.26 Å². The number of nitrogens with one attached hydrogen (secondary N) is 2. The molecule has 2 aliphatic heterocycles. The van der Waals surface area contributed by atoms with Crippen molar-refractivity contribution in [2.45, 2.75) is 52.2 Å². The highest BCUT2D eigenvalue weighted by Crippen LogP contribution is 2.29. The number of carbonyl (C=O) groups excluding carboxylic acids is 1. The average molecular weight is 703 g/mol. The minimum Gasteiger partial charge on any atom is -0.473 e. The minimum absolute atomic E-state index is 0.0734. The third-order valence-electron chi connectivity index (χ3n) is 9.35. The highest BCUT2D eigenvalue weighted by Gasteiger charge is 2.23. The zero-order valence-electron chi connectivity index (χ0n) is 29.7. The Kier molecular flexibility index (Phi) is 11.9. The quantitative estimate of drug-likeness (QED) is 0.161. The molecule has 2 aliphatic rings. The summed E-state index contributed by atoms with van der Waals surface area (Å²) in [5.74, 6) is 1.50. The molecule has 0 atom stereocenters. The van der Waals surface area contributed by atoms with Crippen molar-refractivity contribution in [3.8, 4) is 11.9 Å². The van der Waals surface area contributed by atoms with Gasteiger partial charge in [0, 0.05) is 54.6 Å². The van der Waals surface area contributed by atoms with E-state index in [1.54, 1.807) is 24.4 Å². The van der Waals surface area contributed by atoms with E-state index in [1.807, 2.05) is 37.3 Å². The summed E-state index contributed by atoms with van der Waals surface area (Å²) in [6.45, 7) is 8.94. The van der Waals surface area contributed by atoms with Crippen molar-refractivity contribution in [1.82, 2.24) is 29.6 Å². The molecule has 52 heavy (non-hydrogen) atoms. The standard InChI is InChI=1S/C28H28FN5O.C9H9N3O.C3H6O/c1-19-6-9-26-25(14-19)31-27(33(26)2)17-34-12-10-21(11-13-34)24-4-3-5-28(32-24)35-18-22-8-7-20(16-30)15-23(22)29;1-6-2-8(10-5-13)3-7-4-11-12-9(6)7;1-2-4-3-1/h3-9,14-15,21H,10-13,17-18H2,1-2H3;2-5H,1H3,(H,10,13)(H,11,12);1-3H2. The number of hydrogen-bond acceptors (Lipinski definition) is 8. The Morgan fingerprint density at radius 3 is 2.58 bits per heavy atom. The number of piperidine rings is 1. The Morgan fingerprint density at radius 1 is 1.08 bits per heavy atom. The SMILES string of the molecule is C1COC1.Cc1cc(NC=O)cc2cn[nH]c12.Cc1ccc2c(c1)nc(CN1CCC(c3cccc(OCc4ccc(C#N)cc4F)n3)CC1)n2C. The number of carbonyl (C=O) groups is 1. The van der Waals surface area contributed by atoms with E-state index in [-0.39, 0.29) is 6.61 Å². The number of rotatable bonds is 8. The molecule has 0 radical (unpaired) electrons. The maximum absolute atomic E-state index is 14.1. The van der Waals surface area contributed by atoms with Crippen molar-refractivity contribution >= 4 is 34.0 Å². The van der Waals surface area contributed by atoms with Crippen LogP contribution in [0.3, 0.4) is 0 Å². The summed E-state index contributed by atoms with van der Waals surface area (Å²) in [6.07, 6.45) is 5.71. The van der Waals surface area contributed by atoms with Crippen molar-refractivity contribution < 1.29 is 18.7 Å². The molecular formula is C40H43FN8O3. The summed E-state index contributed by atoms with van der Waals surface area (Å²) in [6, 6.07) is 22.3. The van der Waals surface area contributed by atoms with Crippen LogP contribution in [0.4, 0.5) is 10.1 Å². The van der Waals surface area contributed by atoms with Crippen molar-refractivity contribution in [3.05, 3.63) is 113 Å². The van der Waals surface area contributed by atoms with Crippen LogP contribution in [-0.4, -0.2) is 62.3 Å². The van der Waals surface area contributed by atoms with Crippen molar-refractivity contribution in [2.75, 3.05) is 31.6 Å². The summed E-state index contributed by atoms with van der Waals surface area (Å²) in [5.41, 5.74) is 8.04. The number of benzene rings is 3. The first-order valence-electron chi connectivity index (χ1n) is 17.5. The number of aromatic nitrogens is 5. The monoisotopic (exact) mass is 702 g/mol. The second kappa shape index (κ2) is 17.0. The van der Waals surface area contributed by atoms with Crippen LogP contribution in [0.15, 0.2) is 72.9 Å². The van der Waals surface area contributed by atoms with Gasteiger partial charge in [0.2, 0.25) is 12.3 Å². The van der Waals surface area contributed by atoms with E-state index in [0.29, 0.717) is 29.3 Å². The second-order valence-electron chi connectivity index (χ2n) is 13.1. The molecule has 0 saturated carbocycles. The molecule has 2 fully saturated rings. The zero-order valence-corrected chi connectivity index (χ0v) is 29.7. The Labute approximate surface area is 302 Å². The highest BCUT2D eigenvalue weighted by molar-refractivity contribution is 5.87. The van der Waals surface area contributed by atoms with Crippen LogP contribution >= 0.6 is 0 Å². The topological polar surface area (TPSA) is 134 Å². The maximum Gasteiger partial charge on any atom is 0.213 e. The summed E-state index contributed by atoms with van der Waals surface area (Å²) in [4.78, 5) is 22.3. The van der Waals surface area contributed by atoms with E-state index in [9.17, 15) is 9.18 Å². The van der Waals surface area contributed by atoms with Gasteiger partial charge in [-0.2, -0.15) is 10.4 Å². The predicted molar refractivity (Wildman–Crippen MR) is 198 cm³/mol. The second-order valence-corrected chi connectivity index (χ2v) is 13.1. The number of ether oxygens (including phenoxy) is 2. The lowest BCUT2D eigenvalue weighted by Gasteiger charge is -2.31. The lowest BCUT2D eigenvalue weighted by Crippen LogP contribution is -2.33. The first kappa shape index (κ1) is 36.2. The molecule has 12 heteroatoms. The van der Waals surface area contributed by atoms with Gasteiger partial charge in [-0.15, -0.1) is 0 Å². The summed E-state index contributed by atoms with van der Waals surface area (Å²) in [5, 5.41) is 19.3. The Bertz CT molecular complexity index is 2170. The molecular weight excluding hydrogens is 659 g/mol. The van der Waals surface area contributed by atoms with Gasteiger partial charge in [0.05, 0.1) is 40.9 Å². The molecule has 8 rings (SSSR count). The molecule has 6 aromatic rings. The molecule has 3 aromatic heterocycles. The fourth-order valence-corrected chi connectivity index (χ4v) is 6.24. The van der Waals surface area contributed by atoms with E-state index in [4.69, 9.17) is 24.7 Å². The number of aromatic amines is 1. The smallest absolute Gasteiger partial charge is 0.213 e. The Balaban J connectivity index is 0.000000223. The molecule has 11 nitrogen and oxygen atoms in total. The number of likely N-dealkylation sites (tertiary alicyclic amines) is 1. The fraction of sp³-hybridized carbons (Fsp3) is 0.325. The van der Waals surface area contributed by atoms with Crippen molar-refractivity contribution in [3.63, 3.8) is 0 Å². The number of amides is 1. The van der Waals surface area contributed by atoms with E-state index < -0.39 is 5.82 Å². The minimum atomic E-state index is -0.441. The van der Waals surface area contributed by atoms with Crippen LogP contribution in [0.1, 0.15) is 59.0 Å². The van der Waals surface area contributed by atoms with Crippen LogP contribution in [0.25, 0.3) is 21.9 Å². The number of hydrogen-bond donors (Lipinski definition) is 2. The Morgan fingerprint density at radius 2 is 1.87 bits per heavy atom. The molecule has 2 N–H and O–H groups in total. The summed E-state index contributed by atoms with van der Waals surface area (Å²) < 4.78 is 26.8. The summed E-state index contributed by atoms with van der Waals surface area (Å²) in [7, 11) is 2.09. The molecule has 2 saturated heterocycles.